The first-order chi connectivity index (χ1) is 14.6. The first kappa shape index (κ1) is 24.9. The molecule has 1 heterocycles. The molecule has 170 valence electrons. The number of likely N-dealkylation sites (N-methyl/N-ethyl adjacent to an activating group) is 1. The highest BCUT2D eigenvalue weighted by Crippen LogP contribution is 2.34. The van der Waals surface area contributed by atoms with Crippen LogP contribution in [0.5, 0.6) is 0 Å². The Morgan fingerprint density at radius 1 is 1.29 bits per heavy atom. The average Bonchev–Trinajstić information content (AvgIpc) is 3.00. The van der Waals surface area contributed by atoms with Crippen LogP contribution in [0.4, 0.5) is 5.69 Å². The number of rotatable bonds is 9. The number of hydrogen-bond acceptors (Lipinski definition) is 6. The minimum Gasteiger partial charge on any atom is -0.357 e. The normalized spacial score (nSPS) is 18.5. The highest BCUT2D eigenvalue weighted by molar-refractivity contribution is 8.15. The van der Waals surface area contributed by atoms with E-state index in [1.807, 2.05) is 46.1 Å². The van der Waals surface area contributed by atoms with Crippen molar-refractivity contribution in [1.82, 2.24) is 20.4 Å². The fraction of sp³-hybridized carbons (Fsp3) is 0.545. The van der Waals surface area contributed by atoms with Gasteiger partial charge in [0.15, 0.2) is 5.17 Å². The number of amides is 3. The van der Waals surface area contributed by atoms with Crippen molar-refractivity contribution in [3.63, 3.8) is 0 Å². The summed E-state index contributed by atoms with van der Waals surface area (Å²) in [6.07, 6.45) is 0.887. The van der Waals surface area contributed by atoms with Crippen molar-refractivity contribution in [3.8, 4) is 0 Å². The third-order valence-corrected chi connectivity index (χ3v) is 6.17. The maximum atomic E-state index is 13.1. The summed E-state index contributed by atoms with van der Waals surface area (Å²) in [5.41, 5.74) is 2.84. The van der Waals surface area contributed by atoms with Gasteiger partial charge in [-0.25, -0.2) is 4.99 Å². The number of amidine groups is 1. The Hall–Kier alpha value is -2.39. The van der Waals surface area contributed by atoms with Crippen molar-refractivity contribution >= 4 is 40.3 Å². The fourth-order valence-corrected chi connectivity index (χ4v) is 4.49. The van der Waals surface area contributed by atoms with Crippen molar-refractivity contribution in [3.05, 3.63) is 29.3 Å². The Kier molecular flexibility index (Phi) is 9.06. The van der Waals surface area contributed by atoms with Gasteiger partial charge in [0.2, 0.25) is 17.7 Å². The molecule has 1 aromatic carbocycles. The molecule has 1 aliphatic heterocycles. The van der Waals surface area contributed by atoms with Gasteiger partial charge in [-0.2, -0.15) is 0 Å². The van der Waals surface area contributed by atoms with Crippen molar-refractivity contribution in [2.45, 2.75) is 44.9 Å². The van der Waals surface area contributed by atoms with Crippen LogP contribution in [0.1, 0.15) is 30.9 Å². The molecule has 0 aromatic heterocycles. The van der Waals surface area contributed by atoms with Gasteiger partial charge in [0.25, 0.3) is 0 Å². The molecule has 1 aliphatic rings. The average molecular weight is 448 g/mol. The summed E-state index contributed by atoms with van der Waals surface area (Å²) in [5.74, 6) is -0.728. The van der Waals surface area contributed by atoms with E-state index in [0.717, 1.165) is 29.8 Å². The van der Waals surface area contributed by atoms with Gasteiger partial charge in [-0.1, -0.05) is 29.5 Å². The van der Waals surface area contributed by atoms with Crippen molar-refractivity contribution in [1.29, 1.82) is 0 Å². The lowest BCUT2D eigenvalue weighted by Gasteiger charge is -2.23. The van der Waals surface area contributed by atoms with E-state index in [1.54, 1.807) is 6.92 Å². The quantitative estimate of drug-likeness (QED) is 0.563. The highest BCUT2D eigenvalue weighted by atomic mass is 32.2. The number of thioether (sulfide) groups is 1. The lowest BCUT2D eigenvalue weighted by molar-refractivity contribution is -0.135. The summed E-state index contributed by atoms with van der Waals surface area (Å²) in [6.45, 7) is 7.06. The molecule has 1 unspecified atom stereocenters. The van der Waals surface area contributed by atoms with Gasteiger partial charge in [0, 0.05) is 20.0 Å². The van der Waals surface area contributed by atoms with Crippen molar-refractivity contribution in [2.24, 2.45) is 4.99 Å². The zero-order valence-electron chi connectivity index (χ0n) is 19.2. The zero-order valence-corrected chi connectivity index (χ0v) is 20.0. The van der Waals surface area contributed by atoms with Crippen LogP contribution in [0.25, 0.3) is 0 Å². The van der Waals surface area contributed by atoms with E-state index in [0.29, 0.717) is 11.7 Å². The van der Waals surface area contributed by atoms with Crippen LogP contribution in [0.2, 0.25) is 0 Å². The molecule has 1 aromatic rings. The van der Waals surface area contributed by atoms with E-state index < -0.39 is 11.3 Å². The third kappa shape index (κ3) is 6.80. The van der Waals surface area contributed by atoms with Crippen LogP contribution in [0.15, 0.2) is 23.2 Å². The van der Waals surface area contributed by atoms with E-state index in [9.17, 15) is 14.4 Å². The maximum absolute atomic E-state index is 13.1. The number of aryl methyl sites for hydroxylation is 2. The van der Waals surface area contributed by atoms with Gasteiger partial charge in [-0.05, 0) is 59.5 Å². The fourth-order valence-electron chi connectivity index (χ4n) is 3.27. The van der Waals surface area contributed by atoms with E-state index in [2.05, 4.69) is 20.5 Å². The smallest absolute Gasteiger partial charge is 0.243 e. The Morgan fingerprint density at radius 2 is 2.00 bits per heavy atom. The van der Waals surface area contributed by atoms with E-state index in [4.69, 9.17) is 0 Å². The Balaban J connectivity index is 2.19. The molecular weight excluding hydrogens is 414 g/mol. The first-order valence-electron chi connectivity index (χ1n) is 10.4. The van der Waals surface area contributed by atoms with E-state index >= 15 is 0 Å². The molecule has 2 N–H and O–H groups in total. The maximum Gasteiger partial charge on any atom is 0.243 e. The Morgan fingerprint density at radius 3 is 2.61 bits per heavy atom. The van der Waals surface area contributed by atoms with Crippen LogP contribution in [-0.4, -0.2) is 78.2 Å². The lowest BCUT2D eigenvalue weighted by atomic mass is 10.1. The van der Waals surface area contributed by atoms with Gasteiger partial charge in [-0.3, -0.25) is 19.3 Å². The first-order valence-corrected chi connectivity index (χ1v) is 11.3. The lowest BCUT2D eigenvalue weighted by Crippen LogP contribution is -2.47. The van der Waals surface area contributed by atoms with Crippen molar-refractivity contribution < 1.29 is 14.4 Å². The standard InChI is InChI=1S/C22H33N5O3S/c1-14-8-9-17(15(2)12-14)25-22-27(16(3)20(29)23-4)21(30)18(31-22)13-19(28)24-10-7-11-26(5)6/h8-9,12,16,18H,7,10-11,13H2,1-6H3,(H,23,29)(H,24,28)/t16-,18?/m1/s1. The second-order valence-electron chi connectivity index (χ2n) is 8.00. The molecular formula is C22H33N5O3S. The summed E-state index contributed by atoms with van der Waals surface area (Å²) in [4.78, 5) is 45.9. The monoisotopic (exact) mass is 447 g/mol. The van der Waals surface area contributed by atoms with E-state index in [1.165, 1.54) is 23.7 Å². The molecule has 1 saturated heterocycles. The predicted octanol–water partition coefficient (Wildman–Crippen LogP) is 1.83. The summed E-state index contributed by atoms with van der Waals surface area (Å²) in [7, 11) is 5.50. The number of benzene rings is 1. The molecule has 9 heteroatoms. The van der Waals surface area contributed by atoms with Gasteiger partial charge in [0.05, 0.1) is 5.69 Å². The van der Waals surface area contributed by atoms with Crippen LogP contribution >= 0.6 is 11.8 Å². The molecule has 3 amide bonds. The largest absolute Gasteiger partial charge is 0.357 e. The number of carbonyl (C=O) groups is 3. The molecule has 0 spiro atoms. The number of nitrogens with zero attached hydrogens (tertiary/aromatic N) is 3. The SMILES string of the molecule is CNC(=O)[C@@H](C)N1C(=O)C(CC(=O)NCCCN(C)C)SC1=Nc1ccc(C)cc1C. The number of carbonyl (C=O) groups excluding carboxylic acids is 3. The molecule has 2 rings (SSSR count). The Labute approximate surface area is 188 Å². The molecule has 31 heavy (non-hydrogen) atoms. The molecule has 0 radical (unpaired) electrons. The summed E-state index contributed by atoms with van der Waals surface area (Å²) in [6, 6.07) is 5.16. The van der Waals surface area contributed by atoms with Crippen LogP contribution in [-0.2, 0) is 14.4 Å². The minimum absolute atomic E-state index is 0.0499. The summed E-state index contributed by atoms with van der Waals surface area (Å²) >= 11 is 1.24. The molecule has 1 fully saturated rings. The third-order valence-electron chi connectivity index (χ3n) is 5.02. The predicted molar refractivity (Wildman–Crippen MR) is 126 cm³/mol. The molecule has 2 atom stereocenters. The van der Waals surface area contributed by atoms with Gasteiger partial charge in [-0.15, -0.1) is 0 Å². The zero-order chi connectivity index (χ0) is 23.1. The summed E-state index contributed by atoms with van der Waals surface area (Å²) < 4.78 is 0. The molecule has 0 aliphatic carbocycles. The van der Waals surface area contributed by atoms with Gasteiger partial charge < -0.3 is 15.5 Å². The number of nitrogens with one attached hydrogen (secondary N) is 2. The minimum atomic E-state index is -0.720. The second-order valence-corrected chi connectivity index (χ2v) is 9.17. The number of aliphatic imine (C=N–C) groups is 1. The van der Waals surface area contributed by atoms with Crippen LogP contribution in [0, 0.1) is 13.8 Å². The van der Waals surface area contributed by atoms with Crippen LogP contribution < -0.4 is 10.6 Å². The number of hydrogen-bond donors (Lipinski definition) is 2. The van der Waals surface area contributed by atoms with Gasteiger partial charge >= 0.3 is 0 Å². The Bertz CT molecular complexity index is 856. The molecule has 0 bridgehead atoms. The van der Waals surface area contributed by atoms with E-state index in [-0.39, 0.29) is 24.1 Å². The second kappa shape index (κ2) is 11.3. The van der Waals surface area contributed by atoms with Gasteiger partial charge in [0.1, 0.15) is 11.3 Å². The summed E-state index contributed by atoms with van der Waals surface area (Å²) in [5, 5.41) is 5.30. The molecule has 0 saturated carbocycles. The van der Waals surface area contributed by atoms with Crippen LogP contribution in [0.3, 0.4) is 0 Å². The molecule has 8 nitrogen and oxygen atoms in total. The highest BCUT2D eigenvalue weighted by Gasteiger charge is 2.43. The van der Waals surface area contributed by atoms with Crippen molar-refractivity contribution in [2.75, 3.05) is 34.2 Å². The topological polar surface area (TPSA) is 94.1 Å².